The number of aromatic nitrogens is 3. The zero-order chi connectivity index (χ0) is 13.0. The van der Waals surface area contributed by atoms with Crippen molar-refractivity contribution in [3.8, 4) is 0 Å². The Morgan fingerprint density at radius 2 is 2.22 bits per heavy atom. The number of ether oxygens (including phenoxy) is 1. The van der Waals surface area contributed by atoms with E-state index in [1.807, 2.05) is 0 Å². The third-order valence-electron chi connectivity index (χ3n) is 2.47. The molecule has 1 aliphatic rings. The summed E-state index contributed by atoms with van der Waals surface area (Å²) in [5.41, 5.74) is 0.790. The van der Waals surface area contributed by atoms with Crippen LogP contribution >= 0.6 is 0 Å². The molecule has 1 aromatic heterocycles. The van der Waals surface area contributed by atoms with Gasteiger partial charge in [0.1, 0.15) is 6.61 Å². The lowest BCUT2D eigenvalue weighted by atomic mass is 10.4. The van der Waals surface area contributed by atoms with Gasteiger partial charge in [0.15, 0.2) is 0 Å². The second-order valence-corrected chi connectivity index (χ2v) is 4.30. The molecule has 0 atom stereocenters. The fourth-order valence-electron chi connectivity index (χ4n) is 1.41. The Balaban J connectivity index is 1.63. The lowest BCUT2D eigenvalue weighted by molar-refractivity contribution is -0.174. The monoisotopic (exact) mass is 264 g/mol. The van der Waals surface area contributed by atoms with E-state index in [0.717, 1.165) is 5.69 Å². The van der Waals surface area contributed by atoms with Gasteiger partial charge in [-0.25, -0.2) is 4.68 Å². The number of halogens is 3. The van der Waals surface area contributed by atoms with Crippen LogP contribution in [0.1, 0.15) is 18.5 Å². The quantitative estimate of drug-likeness (QED) is 0.749. The van der Waals surface area contributed by atoms with Crippen LogP contribution in [0.3, 0.4) is 0 Å². The third kappa shape index (κ3) is 5.01. The van der Waals surface area contributed by atoms with E-state index in [4.69, 9.17) is 0 Å². The molecule has 5 nitrogen and oxygen atoms in total. The van der Waals surface area contributed by atoms with Gasteiger partial charge in [-0.2, -0.15) is 13.2 Å². The van der Waals surface area contributed by atoms with E-state index >= 15 is 0 Å². The highest BCUT2D eigenvalue weighted by molar-refractivity contribution is 4.94. The summed E-state index contributed by atoms with van der Waals surface area (Å²) >= 11 is 0. The zero-order valence-corrected chi connectivity index (χ0v) is 9.78. The SMILES string of the molecule is FC(F)(F)COCCn1cc(CNC2CC2)nn1. The van der Waals surface area contributed by atoms with Crippen LogP contribution < -0.4 is 5.32 Å². The molecule has 8 heteroatoms. The average Bonchev–Trinajstić information content (AvgIpc) is 3.00. The molecule has 1 saturated carbocycles. The Kier molecular flexibility index (Phi) is 4.18. The first-order chi connectivity index (χ1) is 8.53. The summed E-state index contributed by atoms with van der Waals surface area (Å²) in [7, 11) is 0. The fraction of sp³-hybridized carbons (Fsp3) is 0.800. The summed E-state index contributed by atoms with van der Waals surface area (Å²) in [5, 5.41) is 11.0. The number of nitrogens with zero attached hydrogens (tertiary/aromatic N) is 3. The van der Waals surface area contributed by atoms with Gasteiger partial charge in [-0.1, -0.05) is 5.21 Å². The maximum absolute atomic E-state index is 11.8. The van der Waals surface area contributed by atoms with Crippen molar-refractivity contribution in [2.75, 3.05) is 13.2 Å². The van der Waals surface area contributed by atoms with Crippen LogP contribution in [0, 0.1) is 0 Å². The first-order valence-electron chi connectivity index (χ1n) is 5.80. The molecular weight excluding hydrogens is 249 g/mol. The van der Waals surface area contributed by atoms with Crippen LogP contribution in [-0.4, -0.2) is 40.4 Å². The van der Waals surface area contributed by atoms with Crippen molar-refractivity contribution in [3.63, 3.8) is 0 Å². The van der Waals surface area contributed by atoms with Gasteiger partial charge in [0.25, 0.3) is 0 Å². The summed E-state index contributed by atoms with van der Waals surface area (Å²) in [4.78, 5) is 0. The molecular formula is C10H15F3N4O. The van der Waals surface area contributed by atoms with E-state index < -0.39 is 12.8 Å². The number of alkyl halides is 3. The van der Waals surface area contributed by atoms with E-state index in [-0.39, 0.29) is 13.2 Å². The van der Waals surface area contributed by atoms with Crippen LogP contribution in [0.25, 0.3) is 0 Å². The van der Waals surface area contributed by atoms with Crippen LogP contribution in [0.5, 0.6) is 0 Å². The predicted octanol–water partition coefficient (Wildman–Crippen LogP) is 1.11. The number of nitrogens with one attached hydrogen (secondary N) is 1. The average molecular weight is 264 g/mol. The van der Waals surface area contributed by atoms with Crippen molar-refractivity contribution >= 4 is 0 Å². The molecule has 2 rings (SSSR count). The smallest absolute Gasteiger partial charge is 0.370 e. The molecule has 18 heavy (non-hydrogen) atoms. The maximum atomic E-state index is 11.8. The summed E-state index contributed by atoms with van der Waals surface area (Å²) in [6.07, 6.45) is -0.174. The van der Waals surface area contributed by atoms with Gasteiger partial charge < -0.3 is 10.1 Å². The van der Waals surface area contributed by atoms with Gasteiger partial charge in [0.05, 0.1) is 18.8 Å². The lowest BCUT2D eigenvalue weighted by Gasteiger charge is -2.06. The molecule has 0 radical (unpaired) electrons. The van der Waals surface area contributed by atoms with Crippen molar-refractivity contribution in [1.29, 1.82) is 0 Å². The molecule has 0 bridgehead atoms. The van der Waals surface area contributed by atoms with E-state index in [0.29, 0.717) is 12.6 Å². The van der Waals surface area contributed by atoms with Crippen molar-refractivity contribution in [3.05, 3.63) is 11.9 Å². The highest BCUT2D eigenvalue weighted by Gasteiger charge is 2.27. The first-order valence-corrected chi connectivity index (χ1v) is 5.80. The van der Waals surface area contributed by atoms with Gasteiger partial charge in [0, 0.05) is 18.8 Å². The maximum Gasteiger partial charge on any atom is 0.411 e. The Labute approximate surface area is 102 Å². The standard InChI is InChI=1S/C10H15F3N4O/c11-10(12,13)7-18-4-3-17-6-9(15-16-17)5-14-8-1-2-8/h6,8,14H,1-5,7H2. The molecule has 0 spiro atoms. The summed E-state index contributed by atoms with van der Waals surface area (Å²) in [5.74, 6) is 0. The molecule has 0 aromatic carbocycles. The summed E-state index contributed by atoms with van der Waals surface area (Å²) < 4.78 is 41.4. The first kappa shape index (κ1) is 13.3. The molecule has 1 N–H and O–H groups in total. The summed E-state index contributed by atoms with van der Waals surface area (Å²) in [6.45, 7) is -0.337. The molecule has 0 amide bonds. The third-order valence-corrected chi connectivity index (χ3v) is 2.47. The highest BCUT2D eigenvalue weighted by atomic mass is 19.4. The molecule has 0 aliphatic heterocycles. The van der Waals surface area contributed by atoms with Crippen molar-refractivity contribution in [2.24, 2.45) is 0 Å². The minimum Gasteiger partial charge on any atom is -0.370 e. The molecule has 0 saturated heterocycles. The number of hydrogen-bond acceptors (Lipinski definition) is 4. The van der Waals surface area contributed by atoms with E-state index in [2.05, 4.69) is 20.4 Å². The Hall–Kier alpha value is -1.15. The Morgan fingerprint density at radius 1 is 1.44 bits per heavy atom. The number of hydrogen-bond donors (Lipinski definition) is 1. The van der Waals surface area contributed by atoms with Gasteiger partial charge in [0.2, 0.25) is 0 Å². The van der Waals surface area contributed by atoms with Crippen molar-refractivity contribution in [1.82, 2.24) is 20.3 Å². The zero-order valence-electron chi connectivity index (χ0n) is 9.78. The van der Waals surface area contributed by atoms with Crippen LogP contribution in [-0.2, 0) is 17.8 Å². The molecule has 0 unspecified atom stereocenters. The number of rotatable bonds is 7. The van der Waals surface area contributed by atoms with Gasteiger partial charge in [-0.05, 0) is 12.8 Å². The lowest BCUT2D eigenvalue weighted by Crippen LogP contribution is -2.19. The van der Waals surface area contributed by atoms with E-state index in [1.165, 1.54) is 17.5 Å². The van der Waals surface area contributed by atoms with Gasteiger partial charge in [-0.3, -0.25) is 0 Å². The Bertz CT molecular complexity index is 375. The topological polar surface area (TPSA) is 52.0 Å². The molecule has 1 aliphatic carbocycles. The molecule has 1 heterocycles. The highest BCUT2D eigenvalue weighted by Crippen LogP contribution is 2.18. The van der Waals surface area contributed by atoms with E-state index in [1.54, 1.807) is 6.20 Å². The minimum atomic E-state index is -4.28. The van der Waals surface area contributed by atoms with Gasteiger partial charge >= 0.3 is 6.18 Å². The Morgan fingerprint density at radius 3 is 2.89 bits per heavy atom. The second kappa shape index (κ2) is 5.66. The molecule has 1 fully saturated rings. The minimum absolute atomic E-state index is 0.0294. The van der Waals surface area contributed by atoms with Crippen molar-refractivity contribution in [2.45, 2.75) is 38.1 Å². The normalized spacial score (nSPS) is 16.2. The summed E-state index contributed by atoms with van der Waals surface area (Å²) in [6, 6.07) is 0.588. The molecule has 102 valence electrons. The van der Waals surface area contributed by atoms with Gasteiger partial charge in [-0.15, -0.1) is 5.10 Å². The van der Waals surface area contributed by atoms with Crippen LogP contribution in [0.15, 0.2) is 6.20 Å². The van der Waals surface area contributed by atoms with Crippen LogP contribution in [0.4, 0.5) is 13.2 Å². The second-order valence-electron chi connectivity index (χ2n) is 4.30. The van der Waals surface area contributed by atoms with Crippen molar-refractivity contribution < 1.29 is 17.9 Å². The molecule has 1 aromatic rings. The fourth-order valence-corrected chi connectivity index (χ4v) is 1.41. The van der Waals surface area contributed by atoms with Crippen LogP contribution in [0.2, 0.25) is 0 Å². The predicted molar refractivity (Wildman–Crippen MR) is 56.8 cm³/mol. The van der Waals surface area contributed by atoms with E-state index in [9.17, 15) is 13.2 Å². The largest absolute Gasteiger partial charge is 0.411 e.